The van der Waals surface area contributed by atoms with Crippen molar-refractivity contribution in [3.8, 4) is 6.07 Å². The van der Waals surface area contributed by atoms with Crippen LogP contribution < -0.4 is 5.32 Å². The van der Waals surface area contributed by atoms with Crippen LogP contribution in [0.1, 0.15) is 24.8 Å². The summed E-state index contributed by atoms with van der Waals surface area (Å²) < 4.78 is 26.4. The zero-order valence-corrected chi connectivity index (χ0v) is 16.8. The van der Waals surface area contributed by atoms with Gasteiger partial charge in [-0.05, 0) is 37.1 Å². The predicted molar refractivity (Wildman–Crippen MR) is 107 cm³/mol. The van der Waals surface area contributed by atoms with E-state index in [0.29, 0.717) is 35.1 Å². The van der Waals surface area contributed by atoms with Crippen molar-refractivity contribution in [3.05, 3.63) is 48.2 Å². The molecule has 9 heteroatoms. The third-order valence-electron chi connectivity index (χ3n) is 4.31. The van der Waals surface area contributed by atoms with Crippen LogP contribution in [0.15, 0.2) is 52.5 Å². The number of hydrogen-bond acceptors (Lipinski definition) is 6. The number of nitrogens with one attached hydrogen (secondary N) is 1. The molecule has 28 heavy (non-hydrogen) atoms. The van der Waals surface area contributed by atoms with Gasteiger partial charge in [-0.15, -0.1) is 11.8 Å². The number of rotatable bonds is 7. The smallest absolute Gasteiger partial charge is 0.244 e. The molecule has 0 spiro atoms. The minimum absolute atomic E-state index is 0.191. The fraction of sp³-hybridized carbons (Fsp3) is 0.316. The van der Waals surface area contributed by atoms with E-state index in [2.05, 4.69) is 10.3 Å². The summed E-state index contributed by atoms with van der Waals surface area (Å²) in [7, 11) is -3.46. The maximum absolute atomic E-state index is 12.5. The topological polar surface area (TPSA) is 103 Å². The van der Waals surface area contributed by atoms with Gasteiger partial charge in [-0.1, -0.05) is 12.1 Å². The van der Waals surface area contributed by atoms with E-state index in [4.69, 9.17) is 5.26 Å². The molecule has 1 saturated heterocycles. The number of nitrogens with zero attached hydrogens (tertiary/aromatic N) is 3. The van der Waals surface area contributed by atoms with Crippen molar-refractivity contribution < 1.29 is 13.2 Å². The van der Waals surface area contributed by atoms with Crippen LogP contribution in [0, 0.1) is 11.3 Å². The molecule has 0 unspecified atom stereocenters. The Hall–Kier alpha value is -2.41. The molecule has 0 bridgehead atoms. The molecule has 1 amide bonds. The number of thioether (sulfide) groups is 1. The van der Waals surface area contributed by atoms with Crippen molar-refractivity contribution in [1.82, 2.24) is 9.29 Å². The first-order valence-corrected chi connectivity index (χ1v) is 11.3. The Morgan fingerprint density at radius 3 is 2.64 bits per heavy atom. The van der Waals surface area contributed by atoms with Gasteiger partial charge in [0.25, 0.3) is 0 Å². The van der Waals surface area contributed by atoms with Gasteiger partial charge in [0, 0.05) is 31.5 Å². The van der Waals surface area contributed by atoms with Crippen molar-refractivity contribution in [3.63, 3.8) is 0 Å². The number of benzene rings is 1. The second kappa shape index (κ2) is 9.19. The van der Waals surface area contributed by atoms with Crippen molar-refractivity contribution in [2.45, 2.75) is 29.2 Å². The SMILES string of the molecule is N#Cc1ccccc1NC(=O)CCSc1ccc(S(=O)(=O)N2CCCC2)cn1. The first-order chi connectivity index (χ1) is 13.5. The number of para-hydroxylation sites is 1. The highest BCUT2D eigenvalue weighted by atomic mass is 32.2. The summed E-state index contributed by atoms with van der Waals surface area (Å²) in [6.07, 6.45) is 3.40. The second-order valence-electron chi connectivity index (χ2n) is 6.25. The molecule has 0 radical (unpaired) electrons. The molecule has 0 atom stereocenters. The third kappa shape index (κ3) is 4.90. The Bertz CT molecular complexity index is 979. The van der Waals surface area contributed by atoms with Crippen LogP contribution in [-0.4, -0.2) is 42.5 Å². The highest BCUT2D eigenvalue weighted by Gasteiger charge is 2.27. The Labute approximate surface area is 168 Å². The average molecular weight is 417 g/mol. The van der Waals surface area contributed by atoms with Gasteiger partial charge in [0.1, 0.15) is 11.0 Å². The van der Waals surface area contributed by atoms with E-state index in [-0.39, 0.29) is 17.2 Å². The average Bonchev–Trinajstić information content (AvgIpc) is 3.24. The highest BCUT2D eigenvalue weighted by molar-refractivity contribution is 7.99. The Kier molecular flexibility index (Phi) is 6.67. The number of amides is 1. The van der Waals surface area contributed by atoms with Crippen LogP contribution in [-0.2, 0) is 14.8 Å². The minimum Gasteiger partial charge on any atom is -0.325 e. The number of carbonyl (C=O) groups is 1. The molecule has 2 aromatic rings. The highest BCUT2D eigenvalue weighted by Crippen LogP contribution is 2.23. The maximum atomic E-state index is 12.5. The normalized spacial score (nSPS) is 14.5. The van der Waals surface area contributed by atoms with E-state index in [1.165, 1.54) is 22.3 Å². The van der Waals surface area contributed by atoms with Crippen molar-refractivity contribution >= 4 is 33.4 Å². The van der Waals surface area contributed by atoms with E-state index in [1.807, 2.05) is 6.07 Å². The van der Waals surface area contributed by atoms with Crippen LogP contribution in [0.5, 0.6) is 0 Å². The largest absolute Gasteiger partial charge is 0.325 e. The van der Waals surface area contributed by atoms with Crippen LogP contribution in [0.2, 0.25) is 0 Å². The molecule has 3 rings (SSSR count). The summed E-state index contributed by atoms with van der Waals surface area (Å²) in [5.41, 5.74) is 0.912. The lowest BCUT2D eigenvalue weighted by Crippen LogP contribution is -2.27. The third-order valence-corrected chi connectivity index (χ3v) is 7.14. The van der Waals surface area contributed by atoms with Crippen LogP contribution in [0.3, 0.4) is 0 Å². The van der Waals surface area contributed by atoms with Gasteiger partial charge >= 0.3 is 0 Å². The zero-order chi connectivity index (χ0) is 20.0. The van der Waals surface area contributed by atoms with E-state index in [1.54, 1.807) is 36.4 Å². The van der Waals surface area contributed by atoms with E-state index in [0.717, 1.165) is 12.8 Å². The lowest BCUT2D eigenvalue weighted by Gasteiger charge is -2.15. The first kappa shape index (κ1) is 20.3. The lowest BCUT2D eigenvalue weighted by atomic mass is 10.2. The van der Waals surface area contributed by atoms with Gasteiger partial charge < -0.3 is 5.32 Å². The maximum Gasteiger partial charge on any atom is 0.244 e. The van der Waals surface area contributed by atoms with E-state index < -0.39 is 10.0 Å². The van der Waals surface area contributed by atoms with Gasteiger partial charge in [-0.3, -0.25) is 4.79 Å². The fourth-order valence-electron chi connectivity index (χ4n) is 2.83. The Balaban J connectivity index is 1.51. The summed E-state index contributed by atoms with van der Waals surface area (Å²) in [4.78, 5) is 16.5. The van der Waals surface area contributed by atoms with E-state index in [9.17, 15) is 13.2 Å². The molecule has 1 N–H and O–H groups in total. The molecular formula is C19H20N4O3S2. The molecule has 1 fully saturated rings. The molecule has 2 heterocycles. The second-order valence-corrected chi connectivity index (χ2v) is 9.30. The molecule has 0 aliphatic carbocycles. The van der Waals surface area contributed by atoms with Gasteiger partial charge in [0.15, 0.2) is 0 Å². The van der Waals surface area contributed by atoms with Gasteiger partial charge in [-0.2, -0.15) is 9.57 Å². The summed E-state index contributed by atoms with van der Waals surface area (Å²) in [5, 5.41) is 12.4. The molecular weight excluding hydrogens is 396 g/mol. The van der Waals surface area contributed by atoms with Crippen LogP contribution in [0.4, 0.5) is 5.69 Å². The Morgan fingerprint density at radius 1 is 1.21 bits per heavy atom. The molecule has 1 aromatic heterocycles. The molecule has 1 aromatic carbocycles. The summed E-state index contributed by atoms with van der Waals surface area (Å²) in [6, 6.07) is 12.1. The minimum atomic E-state index is -3.46. The monoisotopic (exact) mass is 416 g/mol. The number of hydrogen-bond donors (Lipinski definition) is 1. The predicted octanol–water partition coefficient (Wildman–Crippen LogP) is 2.86. The quantitative estimate of drug-likeness (QED) is 0.696. The first-order valence-electron chi connectivity index (χ1n) is 8.89. The van der Waals surface area contributed by atoms with Gasteiger partial charge in [0.2, 0.25) is 15.9 Å². The standard InChI is InChI=1S/C19H20N4O3S2/c20-13-15-5-1-2-6-17(15)22-18(24)9-12-27-19-8-7-16(14-21-19)28(25,26)23-10-3-4-11-23/h1-2,5-8,14H,3-4,9-12H2,(H,22,24). The Morgan fingerprint density at radius 2 is 1.96 bits per heavy atom. The molecule has 1 aliphatic rings. The van der Waals surface area contributed by atoms with Crippen LogP contribution in [0.25, 0.3) is 0 Å². The number of aromatic nitrogens is 1. The van der Waals surface area contributed by atoms with Crippen molar-refractivity contribution in [2.24, 2.45) is 0 Å². The number of pyridine rings is 1. The van der Waals surface area contributed by atoms with Crippen molar-refractivity contribution in [2.75, 3.05) is 24.2 Å². The number of anilines is 1. The van der Waals surface area contributed by atoms with Gasteiger partial charge in [-0.25, -0.2) is 13.4 Å². The van der Waals surface area contributed by atoms with Crippen molar-refractivity contribution in [1.29, 1.82) is 5.26 Å². The lowest BCUT2D eigenvalue weighted by molar-refractivity contribution is -0.115. The molecule has 146 valence electrons. The summed E-state index contributed by atoms with van der Waals surface area (Å²) in [6.45, 7) is 1.12. The molecule has 7 nitrogen and oxygen atoms in total. The summed E-state index contributed by atoms with van der Waals surface area (Å²) in [5.74, 6) is 0.301. The number of carbonyl (C=O) groups excluding carboxylic acids is 1. The zero-order valence-electron chi connectivity index (χ0n) is 15.2. The summed E-state index contributed by atoms with van der Waals surface area (Å²) >= 11 is 1.38. The molecule has 1 aliphatic heterocycles. The van der Waals surface area contributed by atoms with Gasteiger partial charge in [0.05, 0.1) is 16.3 Å². The van der Waals surface area contributed by atoms with E-state index >= 15 is 0 Å². The number of sulfonamides is 1. The van der Waals surface area contributed by atoms with Crippen LogP contribution >= 0.6 is 11.8 Å². The molecule has 0 saturated carbocycles. The number of nitriles is 1. The fourth-order valence-corrected chi connectivity index (χ4v) is 5.08.